The monoisotopic (exact) mass is 715 g/mol. The van der Waals surface area contributed by atoms with Gasteiger partial charge in [0, 0.05) is 21.9 Å². The van der Waals surface area contributed by atoms with Crippen LogP contribution in [0.1, 0.15) is 0 Å². The molecule has 0 fully saturated rings. The van der Waals surface area contributed by atoms with Crippen LogP contribution in [-0.2, 0) is 0 Å². The summed E-state index contributed by atoms with van der Waals surface area (Å²) in [5, 5.41) is 2.19. The number of hydrogen-bond acceptors (Lipinski definition) is 2. The second kappa shape index (κ2) is 14.4. The molecule has 0 atom stereocenters. The minimum absolute atomic E-state index is 0.848. The molecule has 0 saturated carbocycles. The number of benzene rings is 9. The van der Waals surface area contributed by atoms with Crippen molar-refractivity contribution in [2.24, 2.45) is 0 Å². The van der Waals surface area contributed by atoms with Crippen molar-refractivity contribution in [1.82, 2.24) is 0 Å². The predicted molar refractivity (Wildman–Crippen MR) is 236 cm³/mol. The Bertz CT molecular complexity index is 2960. The highest BCUT2D eigenvalue weighted by atomic mass is 16.3. The molecule has 10 rings (SSSR count). The van der Waals surface area contributed by atoms with Crippen LogP contribution in [0.4, 0.5) is 17.1 Å². The molecule has 0 aliphatic carbocycles. The van der Waals surface area contributed by atoms with Crippen LogP contribution in [-0.4, -0.2) is 0 Å². The van der Waals surface area contributed by atoms with Crippen LogP contribution in [0.5, 0.6) is 0 Å². The van der Waals surface area contributed by atoms with Crippen LogP contribution in [0.3, 0.4) is 0 Å². The highest BCUT2D eigenvalue weighted by Crippen LogP contribution is 2.49. The van der Waals surface area contributed by atoms with E-state index in [0.29, 0.717) is 0 Å². The van der Waals surface area contributed by atoms with Crippen LogP contribution in [0.15, 0.2) is 229 Å². The van der Waals surface area contributed by atoms with Gasteiger partial charge < -0.3 is 9.32 Å². The largest absolute Gasteiger partial charge is 0.454 e. The summed E-state index contributed by atoms with van der Waals surface area (Å²) in [6.07, 6.45) is 0. The van der Waals surface area contributed by atoms with Gasteiger partial charge in [-0.15, -0.1) is 0 Å². The lowest BCUT2D eigenvalue weighted by atomic mass is 9.88. The summed E-state index contributed by atoms with van der Waals surface area (Å²) in [7, 11) is 0. The molecule has 2 heteroatoms. The van der Waals surface area contributed by atoms with E-state index in [1.165, 1.54) is 33.4 Å². The van der Waals surface area contributed by atoms with E-state index in [-0.39, 0.29) is 0 Å². The highest BCUT2D eigenvalue weighted by Gasteiger charge is 2.25. The summed E-state index contributed by atoms with van der Waals surface area (Å²) in [6, 6.07) is 80.0. The topological polar surface area (TPSA) is 16.4 Å². The van der Waals surface area contributed by atoms with E-state index in [0.717, 1.165) is 61.3 Å². The van der Waals surface area contributed by atoms with E-state index in [4.69, 9.17) is 4.42 Å². The lowest BCUT2D eigenvalue weighted by Gasteiger charge is -2.30. The van der Waals surface area contributed by atoms with Crippen LogP contribution >= 0.6 is 0 Å². The van der Waals surface area contributed by atoms with Gasteiger partial charge in [-0.3, -0.25) is 0 Å². The van der Waals surface area contributed by atoms with Gasteiger partial charge >= 0.3 is 0 Å². The van der Waals surface area contributed by atoms with E-state index in [1.54, 1.807) is 0 Å². The Morgan fingerprint density at radius 1 is 0.250 bits per heavy atom. The fourth-order valence-electron chi connectivity index (χ4n) is 8.12. The molecule has 0 aliphatic heterocycles. The van der Waals surface area contributed by atoms with Crippen molar-refractivity contribution < 1.29 is 4.42 Å². The van der Waals surface area contributed by atoms with Crippen LogP contribution in [0, 0.1) is 0 Å². The maximum atomic E-state index is 6.78. The predicted octanol–water partition coefficient (Wildman–Crippen LogP) is 15.4. The Hall–Kier alpha value is -7.42. The Morgan fingerprint density at radius 3 is 1.36 bits per heavy atom. The Morgan fingerprint density at radius 2 is 0.661 bits per heavy atom. The summed E-state index contributed by atoms with van der Waals surface area (Å²) in [5.74, 6) is 0. The molecular formula is C54H37NO. The van der Waals surface area contributed by atoms with E-state index in [2.05, 4.69) is 223 Å². The van der Waals surface area contributed by atoms with Crippen molar-refractivity contribution in [3.8, 4) is 55.6 Å². The van der Waals surface area contributed by atoms with Crippen molar-refractivity contribution >= 4 is 39.0 Å². The first-order valence-corrected chi connectivity index (χ1v) is 19.1. The lowest BCUT2D eigenvalue weighted by Crippen LogP contribution is -2.13. The van der Waals surface area contributed by atoms with Crippen molar-refractivity contribution in [2.75, 3.05) is 4.90 Å². The molecule has 0 unspecified atom stereocenters. The lowest BCUT2D eigenvalue weighted by molar-refractivity contribution is 0.669. The molecule has 1 aromatic heterocycles. The van der Waals surface area contributed by atoms with E-state index in [9.17, 15) is 0 Å². The van der Waals surface area contributed by atoms with Gasteiger partial charge in [0.05, 0.1) is 17.1 Å². The summed E-state index contributed by atoms with van der Waals surface area (Å²) >= 11 is 0. The SMILES string of the molecule is c1ccc(-c2ccc(-c3ccccc3N(c3ccccc3-c3ccccc3-c3ccccc3-c3ccccc3)c3cccc4c3oc3ccccc34)cc2)cc1. The van der Waals surface area contributed by atoms with Gasteiger partial charge in [-0.05, 0) is 68.8 Å². The second-order valence-corrected chi connectivity index (χ2v) is 14.0. The van der Waals surface area contributed by atoms with E-state index >= 15 is 0 Å². The fraction of sp³-hybridized carbons (Fsp3) is 0. The van der Waals surface area contributed by atoms with Crippen molar-refractivity contribution in [3.05, 3.63) is 224 Å². The third-order valence-electron chi connectivity index (χ3n) is 10.7. The molecule has 56 heavy (non-hydrogen) atoms. The molecule has 0 aliphatic rings. The molecule has 0 saturated heterocycles. The number of anilines is 3. The minimum Gasteiger partial charge on any atom is -0.454 e. The number of rotatable bonds is 8. The van der Waals surface area contributed by atoms with Crippen molar-refractivity contribution in [1.29, 1.82) is 0 Å². The number of para-hydroxylation sites is 4. The zero-order valence-electron chi connectivity index (χ0n) is 30.7. The second-order valence-electron chi connectivity index (χ2n) is 14.0. The van der Waals surface area contributed by atoms with Crippen LogP contribution in [0.2, 0.25) is 0 Å². The first-order valence-electron chi connectivity index (χ1n) is 19.1. The standard InChI is InChI=1S/C54H37NO/c1-3-18-38(19-4-1)39-34-36-41(37-35-39)43-23-11-14-30-50(43)55(52-32-17-29-49-48-28-13-16-33-53(48)56-54(49)52)51-31-15-12-27-47(51)46-26-10-9-25-45(46)44-24-8-7-22-42(44)40-20-5-2-6-21-40/h1-37H. The normalized spacial score (nSPS) is 11.2. The number of nitrogens with zero attached hydrogens (tertiary/aromatic N) is 1. The number of fused-ring (bicyclic) bond motifs is 3. The van der Waals surface area contributed by atoms with Gasteiger partial charge in [-0.25, -0.2) is 0 Å². The first-order chi connectivity index (χ1) is 27.8. The highest BCUT2D eigenvalue weighted by molar-refractivity contribution is 6.11. The van der Waals surface area contributed by atoms with Gasteiger partial charge in [-0.2, -0.15) is 0 Å². The van der Waals surface area contributed by atoms with Gasteiger partial charge in [0.2, 0.25) is 0 Å². The molecular weight excluding hydrogens is 679 g/mol. The molecule has 0 bridgehead atoms. The molecule has 0 radical (unpaired) electrons. The summed E-state index contributed by atoms with van der Waals surface area (Å²) in [4.78, 5) is 2.40. The van der Waals surface area contributed by atoms with Gasteiger partial charge in [0.25, 0.3) is 0 Å². The summed E-state index contributed by atoms with van der Waals surface area (Å²) < 4.78 is 6.78. The van der Waals surface area contributed by atoms with Crippen molar-refractivity contribution in [2.45, 2.75) is 0 Å². The van der Waals surface area contributed by atoms with E-state index < -0.39 is 0 Å². The number of hydrogen-bond donors (Lipinski definition) is 0. The molecule has 0 spiro atoms. The number of furan rings is 1. The van der Waals surface area contributed by atoms with Gasteiger partial charge in [0.15, 0.2) is 5.58 Å². The molecule has 9 aromatic carbocycles. The smallest absolute Gasteiger partial charge is 0.159 e. The summed E-state index contributed by atoms with van der Waals surface area (Å²) in [6.45, 7) is 0. The maximum absolute atomic E-state index is 6.78. The zero-order chi connectivity index (χ0) is 37.3. The molecule has 2 nitrogen and oxygen atoms in total. The Kier molecular flexibility index (Phi) is 8.55. The molecule has 10 aromatic rings. The molecule has 1 heterocycles. The van der Waals surface area contributed by atoms with Crippen LogP contribution < -0.4 is 4.90 Å². The van der Waals surface area contributed by atoms with Crippen molar-refractivity contribution in [3.63, 3.8) is 0 Å². The fourth-order valence-corrected chi connectivity index (χ4v) is 8.12. The Labute approximate surface area is 327 Å². The first kappa shape index (κ1) is 33.2. The molecule has 0 amide bonds. The quantitative estimate of drug-likeness (QED) is 0.156. The third-order valence-corrected chi connectivity index (χ3v) is 10.7. The molecule has 0 N–H and O–H groups in total. The third kappa shape index (κ3) is 5.95. The zero-order valence-corrected chi connectivity index (χ0v) is 30.7. The molecule has 264 valence electrons. The maximum Gasteiger partial charge on any atom is 0.159 e. The van der Waals surface area contributed by atoms with E-state index in [1.807, 2.05) is 6.07 Å². The van der Waals surface area contributed by atoms with Crippen LogP contribution in [0.25, 0.3) is 77.6 Å². The average Bonchev–Trinajstić information content (AvgIpc) is 3.67. The Balaban J connectivity index is 1.21. The minimum atomic E-state index is 0.848. The average molecular weight is 716 g/mol. The van der Waals surface area contributed by atoms with Gasteiger partial charge in [0.1, 0.15) is 5.58 Å². The van der Waals surface area contributed by atoms with Gasteiger partial charge in [-0.1, -0.05) is 200 Å². The summed E-state index contributed by atoms with van der Waals surface area (Å²) in [5.41, 5.74) is 16.5.